The minimum Gasteiger partial charge on any atom is -0.372 e. The molecule has 0 aromatic carbocycles. The maximum Gasteiger partial charge on any atom is 0.229 e. The Morgan fingerprint density at radius 3 is 2.35 bits per heavy atom. The van der Waals surface area contributed by atoms with E-state index in [-0.39, 0.29) is 0 Å². The molecule has 2 rings (SSSR count). The molecule has 5 nitrogen and oxygen atoms in total. The third-order valence-electron chi connectivity index (χ3n) is 4.21. The molecule has 0 saturated heterocycles. The van der Waals surface area contributed by atoms with Gasteiger partial charge in [-0.15, -0.1) is 0 Å². The second-order valence-electron chi connectivity index (χ2n) is 6.27. The lowest BCUT2D eigenvalue weighted by molar-refractivity contribution is 0.295. The van der Waals surface area contributed by atoms with Gasteiger partial charge in [-0.2, -0.15) is 9.97 Å². The fourth-order valence-electron chi connectivity index (χ4n) is 2.92. The van der Waals surface area contributed by atoms with Crippen LogP contribution in [0.5, 0.6) is 0 Å². The number of unbranched alkanes of at least 4 members (excludes halogenated alkanes) is 2. The molecule has 2 aromatic heterocycles. The van der Waals surface area contributed by atoms with Gasteiger partial charge in [-0.05, 0) is 38.3 Å². The quantitative estimate of drug-likeness (QED) is 0.617. The highest BCUT2D eigenvalue weighted by molar-refractivity contribution is 5.90. The molecule has 0 amide bonds. The van der Waals surface area contributed by atoms with Crippen LogP contribution >= 0.6 is 0 Å². The van der Waals surface area contributed by atoms with Crippen LogP contribution in [0.15, 0.2) is 6.07 Å². The minimum atomic E-state index is -1.75. The van der Waals surface area contributed by atoms with Crippen molar-refractivity contribution in [3.05, 3.63) is 17.3 Å². The second-order valence-corrected chi connectivity index (χ2v) is 6.27. The molecule has 26 heavy (non-hydrogen) atoms. The molecule has 0 fully saturated rings. The van der Waals surface area contributed by atoms with Crippen LogP contribution in [-0.4, -0.2) is 35.0 Å². The number of nitrogens with zero attached hydrogens (tertiary/aromatic N) is 3. The van der Waals surface area contributed by atoms with Gasteiger partial charge < -0.3 is 10.6 Å². The SMILES string of the molecule is CCCCCC(CC)Nc1nc(NC)c2c(C)cc(C)nc2n1.FCF. The van der Waals surface area contributed by atoms with Gasteiger partial charge in [0, 0.05) is 18.8 Å². The molecule has 0 aliphatic carbocycles. The van der Waals surface area contributed by atoms with Crippen LogP contribution in [-0.2, 0) is 0 Å². The molecule has 2 heterocycles. The summed E-state index contributed by atoms with van der Waals surface area (Å²) in [5, 5.41) is 7.68. The zero-order valence-corrected chi connectivity index (χ0v) is 16.5. The van der Waals surface area contributed by atoms with E-state index in [1.54, 1.807) is 0 Å². The Balaban J connectivity index is 0.00000105. The highest BCUT2D eigenvalue weighted by Gasteiger charge is 2.13. The van der Waals surface area contributed by atoms with Gasteiger partial charge in [-0.3, -0.25) is 0 Å². The number of halogens is 2. The van der Waals surface area contributed by atoms with Crippen molar-refractivity contribution >= 4 is 22.8 Å². The summed E-state index contributed by atoms with van der Waals surface area (Å²) in [6.45, 7) is 6.76. The number of aromatic nitrogens is 3. The van der Waals surface area contributed by atoms with Crippen molar-refractivity contribution in [2.45, 2.75) is 65.8 Å². The Morgan fingerprint density at radius 2 is 1.77 bits per heavy atom. The summed E-state index contributed by atoms with van der Waals surface area (Å²) in [5.41, 5.74) is 2.89. The van der Waals surface area contributed by atoms with Gasteiger partial charge >= 0.3 is 0 Å². The lowest BCUT2D eigenvalue weighted by Gasteiger charge is -2.18. The fraction of sp³-hybridized carbons (Fsp3) is 0.632. The van der Waals surface area contributed by atoms with Gasteiger partial charge in [0.1, 0.15) is 5.82 Å². The van der Waals surface area contributed by atoms with E-state index in [2.05, 4.69) is 52.4 Å². The first-order valence-electron chi connectivity index (χ1n) is 9.22. The maximum atomic E-state index is 9.62. The Bertz CT molecular complexity index is 679. The molecule has 1 unspecified atom stereocenters. The van der Waals surface area contributed by atoms with E-state index in [0.717, 1.165) is 41.0 Å². The van der Waals surface area contributed by atoms with Crippen LogP contribution in [0.25, 0.3) is 11.0 Å². The monoisotopic (exact) mass is 367 g/mol. The highest BCUT2D eigenvalue weighted by Crippen LogP contribution is 2.25. The molecule has 0 spiro atoms. The molecule has 0 saturated carbocycles. The van der Waals surface area contributed by atoms with Gasteiger partial charge in [0.2, 0.25) is 12.9 Å². The Morgan fingerprint density at radius 1 is 1.08 bits per heavy atom. The Kier molecular flexibility index (Phi) is 9.76. The standard InChI is InChI=1S/C18H29N5.CH2F2/c1-6-8-9-10-14(7-2)21-18-22-16(19-5)15-12(3)11-13(4)20-17(15)23-18;2-1-3/h11,14H,6-10H2,1-5H3,(H2,19,20,21,22,23);1H2. The largest absolute Gasteiger partial charge is 0.372 e. The van der Waals surface area contributed by atoms with Gasteiger partial charge in [-0.25, -0.2) is 13.8 Å². The Labute approximate surface area is 155 Å². The summed E-state index contributed by atoms with van der Waals surface area (Å²) in [6, 6.07) is 2.48. The second kappa shape index (κ2) is 11.5. The van der Waals surface area contributed by atoms with E-state index < -0.39 is 6.93 Å². The first-order valence-corrected chi connectivity index (χ1v) is 9.22. The number of nitrogens with one attached hydrogen (secondary N) is 2. The van der Waals surface area contributed by atoms with E-state index in [1.165, 1.54) is 19.3 Å². The smallest absolute Gasteiger partial charge is 0.229 e. The third-order valence-corrected chi connectivity index (χ3v) is 4.21. The number of aryl methyl sites for hydroxylation is 2. The summed E-state index contributed by atoms with van der Waals surface area (Å²) in [5.74, 6) is 1.51. The van der Waals surface area contributed by atoms with Gasteiger partial charge in [0.15, 0.2) is 5.65 Å². The van der Waals surface area contributed by atoms with Crippen LogP contribution in [0.1, 0.15) is 57.2 Å². The van der Waals surface area contributed by atoms with Gasteiger partial charge in [0.25, 0.3) is 0 Å². The average Bonchev–Trinajstić information content (AvgIpc) is 2.60. The number of pyridine rings is 1. The summed E-state index contributed by atoms with van der Waals surface area (Å²) in [4.78, 5) is 13.9. The van der Waals surface area contributed by atoms with Gasteiger partial charge in [0.05, 0.1) is 5.39 Å². The normalized spacial score (nSPS) is 11.7. The van der Waals surface area contributed by atoms with Crippen molar-refractivity contribution in [3.8, 4) is 0 Å². The van der Waals surface area contributed by atoms with E-state index in [0.29, 0.717) is 12.0 Å². The van der Waals surface area contributed by atoms with Crippen LogP contribution in [0.4, 0.5) is 20.5 Å². The average molecular weight is 367 g/mol. The number of anilines is 2. The lowest BCUT2D eigenvalue weighted by Crippen LogP contribution is -2.20. The molecule has 2 aromatic rings. The fourth-order valence-corrected chi connectivity index (χ4v) is 2.92. The van der Waals surface area contributed by atoms with Gasteiger partial charge in [-0.1, -0.05) is 33.1 Å². The van der Waals surface area contributed by atoms with Crippen LogP contribution in [0.2, 0.25) is 0 Å². The van der Waals surface area contributed by atoms with Crippen LogP contribution < -0.4 is 10.6 Å². The molecule has 0 bridgehead atoms. The molecule has 0 aliphatic heterocycles. The van der Waals surface area contributed by atoms with Crippen molar-refractivity contribution in [1.29, 1.82) is 0 Å². The summed E-state index contributed by atoms with van der Waals surface area (Å²) in [7, 11) is 1.89. The predicted octanol–water partition coefficient (Wildman–Crippen LogP) is 5.34. The number of hydrogen-bond donors (Lipinski definition) is 2. The molecular weight excluding hydrogens is 336 g/mol. The van der Waals surface area contributed by atoms with Crippen LogP contribution in [0.3, 0.4) is 0 Å². The van der Waals surface area contributed by atoms with Crippen molar-refractivity contribution in [2.24, 2.45) is 0 Å². The van der Waals surface area contributed by atoms with E-state index >= 15 is 0 Å². The minimum absolute atomic E-state index is 0.412. The highest BCUT2D eigenvalue weighted by atomic mass is 19.3. The topological polar surface area (TPSA) is 62.7 Å². The molecule has 146 valence electrons. The van der Waals surface area contributed by atoms with Crippen molar-refractivity contribution in [3.63, 3.8) is 0 Å². The molecule has 7 heteroatoms. The molecule has 1 atom stereocenters. The molecule has 0 aliphatic rings. The first kappa shape index (κ1) is 22.0. The third kappa shape index (κ3) is 6.35. The van der Waals surface area contributed by atoms with Crippen molar-refractivity contribution < 1.29 is 8.78 Å². The Hall–Kier alpha value is -2.05. The predicted molar refractivity (Wildman–Crippen MR) is 105 cm³/mol. The van der Waals surface area contributed by atoms with E-state index in [9.17, 15) is 8.78 Å². The van der Waals surface area contributed by atoms with Crippen molar-refractivity contribution in [2.75, 3.05) is 24.6 Å². The molecule has 0 radical (unpaired) electrons. The zero-order chi connectivity index (χ0) is 19.5. The maximum absolute atomic E-state index is 9.62. The number of fused-ring (bicyclic) bond motifs is 1. The molecular formula is C19H31F2N5. The zero-order valence-electron chi connectivity index (χ0n) is 16.5. The van der Waals surface area contributed by atoms with E-state index in [1.807, 2.05) is 14.0 Å². The summed E-state index contributed by atoms with van der Waals surface area (Å²) < 4.78 is 19.2. The number of alkyl halides is 2. The summed E-state index contributed by atoms with van der Waals surface area (Å²) in [6.07, 6.45) is 5.99. The number of rotatable bonds is 8. The van der Waals surface area contributed by atoms with Crippen molar-refractivity contribution in [1.82, 2.24) is 15.0 Å². The lowest BCUT2D eigenvalue weighted by atomic mass is 10.1. The summed E-state index contributed by atoms with van der Waals surface area (Å²) >= 11 is 0. The molecule has 2 N–H and O–H groups in total. The first-order chi connectivity index (χ1) is 12.5. The van der Waals surface area contributed by atoms with Crippen LogP contribution in [0, 0.1) is 13.8 Å². The van der Waals surface area contributed by atoms with E-state index in [4.69, 9.17) is 0 Å². The number of hydrogen-bond acceptors (Lipinski definition) is 5.